The number of carbonyl (C=O) groups excluding carboxylic acids is 1. The lowest BCUT2D eigenvalue weighted by Crippen LogP contribution is -2.23. The van der Waals surface area contributed by atoms with E-state index in [2.05, 4.69) is 10.2 Å². The van der Waals surface area contributed by atoms with E-state index >= 15 is 0 Å². The fraction of sp³-hybridized carbons (Fsp3) is 0.375. The number of rotatable bonds is 1. The Morgan fingerprint density at radius 2 is 2.54 bits per heavy atom. The van der Waals surface area contributed by atoms with Crippen LogP contribution in [0, 0.1) is 11.3 Å². The Hall–Kier alpha value is -1.83. The summed E-state index contributed by atoms with van der Waals surface area (Å²) in [5.41, 5.74) is 0.384. The van der Waals surface area contributed by atoms with Gasteiger partial charge >= 0.3 is 0 Å². The van der Waals surface area contributed by atoms with Gasteiger partial charge in [0.05, 0.1) is 0 Å². The molecule has 1 aliphatic rings. The number of anilines is 1. The molecule has 2 heterocycles. The van der Waals surface area contributed by atoms with Crippen molar-refractivity contribution in [3.63, 3.8) is 0 Å². The molecular weight excluding hydrogens is 168 g/mol. The lowest BCUT2D eigenvalue weighted by Gasteiger charge is -2.10. The second-order valence-corrected chi connectivity index (χ2v) is 2.90. The first-order chi connectivity index (χ1) is 6.31. The molecule has 1 fully saturated rings. The molecule has 0 aromatic carbocycles. The molecule has 0 radical (unpaired) electrons. The normalized spacial score (nSPS) is 16.2. The van der Waals surface area contributed by atoms with E-state index in [0.29, 0.717) is 24.5 Å². The summed E-state index contributed by atoms with van der Waals surface area (Å²) in [6.45, 7) is 0.703. The molecule has 0 unspecified atom stereocenters. The summed E-state index contributed by atoms with van der Waals surface area (Å²) in [4.78, 5) is 12.9. The van der Waals surface area contributed by atoms with E-state index < -0.39 is 0 Å². The average molecular weight is 176 g/mol. The molecule has 5 nitrogen and oxygen atoms in total. The van der Waals surface area contributed by atoms with Crippen molar-refractivity contribution in [1.29, 1.82) is 5.26 Å². The fourth-order valence-corrected chi connectivity index (χ4v) is 1.40. The first-order valence-corrected chi connectivity index (χ1v) is 4.07. The maximum absolute atomic E-state index is 11.3. The molecule has 1 N–H and O–H groups in total. The zero-order valence-corrected chi connectivity index (χ0v) is 6.95. The van der Waals surface area contributed by atoms with E-state index in [-0.39, 0.29) is 5.91 Å². The Morgan fingerprint density at radius 1 is 1.69 bits per heavy atom. The van der Waals surface area contributed by atoms with Gasteiger partial charge in [0.1, 0.15) is 11.8 Å². The molecule has 0 bridgehead atoms. The average Bonchev–Trinajstić information content (AvgIpc) is 2.71. The maximum atomic E-state index is 11.3. The molecule has 1 aliphatic heterocycles. The molecule has 1 aromatic rings. The first-order valence-electron chi connectivity index (χ1n) is 4.07. The summed E-state index contributed by atoms with van der Waals surface area (Å²) in [7, 11) is 0. The van der Waals surface area contributed by atoms with Gasteiger partial charge in [-0.2, -0.15) is 10.4 Å². The topological polar surface area (TPSA) is 72.8 Å². The number of amides is 1. The van der Waals surface area contributed by atoms with E-state index in [0.717, 1.165) is 6.42 Å². The summed E-state index contributed by atoms with van der Waals surface area (Å²) in [6, 6.07) is 3.52. The largest absolute Gasteiger partial charge is 0.295 e. The van der Waals surface area contributed by atoms with E-state index in [1.54, 1.807) is 11.0 Å². The quantitative estimate of drug-likeness (QED) is 0.673. The molecule has 0 aliphatic carbocycles. The number of nitrogens with one attached hydrogen (secondary N) is 1. The standard InChI is InChI=1S/C8H8N4O/c9-5-6-4-7(11-10-6)12-3-1-2-8(12)13/h4H,1-3H2,(H,10,11). The molecule has 0 atom stereocenters. The second kappa shape index (κ2) is 2.90. The van der Waals surface area contributed by atoms with Crippen LogP contribution in [0.2, 0.25) is 0 Å². The maximum Gasteiger partial charge on any atom is 0.228 e. The SMILES string of the molecule is N#Cc1cc(N2CCCC2=O)n[nH]1. The van der Waals surface area contributed by atoms with Gasteiger partial charge in [0, 0.05) is 19.0 Å². The molecule has 1 saturated heterocycles. The monoisotopic (exact) mass is 176 g/mol. The highest BCUT2D eigenvalue weighted by Crippen LogP contribution is 2.18. The van der Waals surface area contributed by atoms with Gasteiger partial charge in [-0.15, -0.1) is 0 Å². The third-order valence-electron chi connectivity index (χ3n) is 2.03. The highest BCUT2D eigenvalue weighted by molar-refractivity contribution is 5.94. The number of hydrogen-bond acceptors (Lipinski definition) is 3. The predicted octanol–water partition coefficient (Wildman–Crippen LogP) is 0.408. The highest BCUT2D eigenvalue weighted by Gasteiger charge is 2.23. The van der Waals surface area contributed by atoms with Gasteiger partial charge in [-0.25, -0.2) is 0 Å². The smallest absolute Gasteiger partial charge is 0.228 e. The van der Waals surface area contributed by atoms with Crippen LogP contribution in [0.1, 0.15) is 18.5 Å². The zero-order chi connectivity index (χ0) is 9.26. The molecule has 13 heavy (non-hydrogen) atoms. The molecular formula is C8H8N4O. The van der Waals surface area contributed by atoms with Crippen LogP contribution in [-0.4, -0.2) is 22.6 Å². The van der Waals surface area contributed by atoms with Gasteiger partial charge in [0.15, 0.2) is 5.82 Å². The van der Waals surface area contributed by atoms with Crippen molar-refractivity contribution in [3.05, 3.63) is 11.8 Å². The Morgan fingerprint density at radius 3 is 3.08 bits per heavy atom. The fourth-order valence-electron chi connectivity index (χ4n) is 1.40. The van der Waals surface area contributed by atoms with E-state index in [4.69, 9.17) is 5.26 Å². The van der Waals surface area contributed by atoms with Gasteiger partial charge < -0.3 is 0 Å². The van der Waals surface area contributed by atoms with Crippen molar-refractivity contribution in [3.8, 4) is 6.07 Å². The minimum Gasteiger partial charge on any atom is -0.295 e. The van der Waals surface area contributed by atoms with Gasteiger partial charge in [-0.3, -0.25) is 14.8 Å². The Kier molecular flexibility index (Phi) is 1.74. The molecule has 0 spiro atoms. The lowest BCUT2D eigenvalue weighted by molar-refractivity contribution is -0.117. The highest BCUT2D eigenvalue weighted by atomic mass is 16.2. The van der Waals surface area contributed by atoms with Crippen LogP contribution in [0.25, 0.3) is 0 Å². The van der Waals surface area contributed by atoms with Crippen LogP contribution < -0.4 is 4.90 Å². The second-order valence-electron chi connectivity index (χ2n) is 2.90. The first kappa shape index (κ1) is 7.80. The Balaban J connectivity index is 2.26. The number of aromatic nitrogens is 2. The number of carbonyl (C=O) groups is 1. The van der Waals surface area contributed by atoms with Gasteiger partial charge in [0.2, 0.25) is 5.91 Å². The molecule has 1 aromatic heterocycles. The molecule has 0 saturated carbocycles. The van der Waals surface area contributed by atoms with E-state index in [1.165, 1.54) is 0 Å². The summed E-state index contributed by atoms with van der Waals surface area (Å²) in [5, 5.41) is 15.0. The minimum absolute atomic E-state index is 0.0796. The van der Waals surface area contributed by atoms with Gasteiger partial charge in [-0.05, 0) is 6.42 Å². The van der Waals surface area contributed by atoms with Crippen LogP contribution in [0.4, 0.5) is 5.82 Å². The van der Waals surface area contributed by atoms with Crippen molar-refractivity contribution >= 4 is 11.7 Å². The molecule has 66 valence electrons. The third-order valence-corrected chi connectivity index (χ3v) is 2.03. The summed E-state index contributed by atoms with van der Waals surface area (Å²) in [5.74, 6) is 0.634. The molecule has 5 heteroatoms. The van der Waals surface area contributed by atoms with Gasteiger partial charge in [0.25, 0.3) is 0 Å². The molecule has 1 amide bonds. The number of H-pyrrole nitrogens is 1. The number of nitrogens with zero attached hydrogens (tertiary/aromatic N) is 3. The summed E-state index contributed by atoms with van der Waals surface area (Å²) in [6.07, 6.45) is 1.45. The van der Waals surface area contributed by atoms with Crippen molar-refractivity contribution < 1.29 is 4.79 Å². The van der Waals surface area contributed by atoms with Crippen LogP contribution in [0.3, 0.4) is 0 Å². The minimum atomic E-state index is 0.0796. The third kappa shape index (κ3) is 1.26. The predicted molar refractivity (Wildman–Crippen MR) is 44.9 cm³/mol. The van der Waals surface area contributed by atoms with Crippen molar-refractivity contribution in [2.45, 2.75) is 12.8 Å². The van der Waals surface area contributed by atoms with Crippen molar-refractivity contribution in [2.75, 3.05) is 11.4 Å². The summed E-state index contributed by atoms with van der Waals surface area (Å²) < 4.78 is 0. The molecule has 2 rings (SSSR count). The zero-order valence-electron chi connectivity index (χ0n) is 6.95. The lowest BCUT2D eigenvalue weighted by atomic mass is 10.4. The number of aromatic amines is 1. The van der Waals surface area contributed by atoms with Crippen LogP contribution in [-0.2, 0) is 4.79 Å². The van der Waals surface area contributed by atoms with Crippen LogP contribution in [0.5, 0.6) is 0 Å². The number of nitriles is 1. The Bertz CT molecular complexity index is 376. The Labute approximate surface area is 75.0 Å². The van der Waals surface area contributed by atoms with Gasteiger partial charge in [-0.1, -0.05) is 0 Å². The number of hydrogen-bond donors (Lipinski definition) is 1. The van der Waals surface area contributed by atoms with E-state index in [1.807, 2.05) is 6.07 Å². The summed E-state index contributed by atoms with van der Waals surface area (Å²) >= 11 is 0. The van der Waals surface area contributed by atoms with Crippen molar-refractivity contribution in [1.82, 2.24) is 10.2 Å². The van der Waals surface area contributed by atoms with Crippen LogP contribution >= 0.6 is 0 Å². The van der Waals surface area contributed by atoms with E-state index in [9.17, 15) is 4.79 Å². The van der Waals surface area contributed by atoms with Crippen molar-refractivity contribution in [2.24, 2.45) is 0 Å². The van der Waals surface area contributed by atoms with Crippen LogP contribution in [0.15, 0.2) is 6.07 Å².